The molecule has 10 heteroatoms. The van der Waals surface area contributed by atoms with E-state index in [4.69, 9.17) is 14.8 Å². The van der Waals surface area contributed by atoms with Crippen molar-refractivity contribution in [3.8, 4) is 16.9 Å². The molecule has 0 bridgehead atoms. The molecule has 0 aliphatic carbocycles. The maximum atomic E-state index is 6.34. The zero-order valence-corrected chi connectivity index (χ0v) is 21.4. The number of nitrogens with one attached hydrogen (secondary N) is 2. The summed E-state index contributed by atoms with van der Waals surface area (Å²) in [5.74, 6) is 2.12. The number of para-hydroxylation sites is 1. The number of nitrogen functional groups attached to an aromatic ring is 1. The molecule has 8 nitrogen and oxygen atoms in total. The lowest BCUT2D eigenvalue weighted by atomic mass is 10.0. The lowest BCUT2D eigenvalue weighted by Crippen LogP contribution is -2.21. The first kappa shape index (κ1) is 23.2. The van der Waals surface area contributed by atoms with E-state index in [0.29, 0.717) is 17.7 Å². The summed E-state index contributed by atoms with van der Waals surface area (Å²) in [4.78, 5) is 13.2. The third-order valence-electron chi connectivity index (χ3n) is 5.80. The summed E-state index contributed by atoms with van der Waals surface area (Å²) in [6, 6.07) is 24.1. The van der Waals surface area contributed by atoms with Gasteiger partial charge in [0, 0.05) is 21.7 Å². The number of allylic oxidation sites excluding steroid dienone is 3. The predicted molar refractivity (Wildman–Crippen MR) is 152 cm³/mol. The SMILES string of the molecule is C=CC1=C(C=C)c2ccccc2P(Nc2nc(N)nc(NP3Oc4ccccc4-c4ccccc43)n2)O1. The van der Waals surface area contributed by atoms with Crippen LogP contribution in [0.15, 0.2) is 104 Å². The van der Waals surface area contributed by atoms with Crippen molar-refractivity contribution < 1.29 is 9.05 Å². The third-order valence-corrected chi connectivity index (χ3v) is 9.02. The molecule has 3 aromatic carbocycles. The minimum absolute atomic E-state index is 0.0762. The molecule has 2 unspecified atom stereocenters. The van der Waals surface area contributed by atoms with Gasteiger partial charge in [0.1, 0.15) is 11.5 Å². The van der Waals surface area contributed by atoms with Crippen molar-refractivity contribution in [3.63, 3.8) is 0 Å². The number of fused-ring (bicyclic) bond motifs is 4. The number of hydrogen-bond acceptors (Lipinski definition) is 8. The maximum Gasteiger partial charge on any atom is 0.235 e. The van der Waals surface area contributed by atoms with E-state index in [1.54, 1.807) is 12.2 Å². The minimum atomic E-state index is -1.35. The predicted octanol–water partition coefficient (Wildman–Crippen LogP) is 5.73. The van der Waals surface area contributed by atoms with Crippen LogP contribution >= 0.6 is 16.6 Å². The van der Waals surface area contributed by atoms with E-state index in [1.165, 1.54) is 0 Å². The van der Waals surface area contributed by atoms with E-state index in [0.717, 1.165) is 38.6 Å². The number of hydrogen-bond donors (Lipinski definition) is 3. The second-order valence-electron chi connectivity index (χ2n) is 8.05. The van der Waals surface area contributed by atoms with Crippen LogP contribution in [-0.2, 0) is 4.52 Å². The molecule has 0 saturated heterocycles. The van der Waals surface area contributed by atoms with Gasteiger partial charge >= 0.3 is 0 Å². The molecule has 1 aromatic heterocycles. The van der Waals surface area contributed by atoms with Gasteiger partial charge in [-0.1, -0.05) is 73.8 Å². The fourth-order valence-corrected chi connectivity index (χ4v) is 7.29. The molecule has 0 radical (unpaired) electrons. The molecule has 182 valence electrons. The van der Waals surface area contributed by atoms with Gasteiger partial charge < -0.3 is 14.8 Å². The Morgan fingerprint density at radius 2 is 1.24 bits per heavy atom. The summed E-state index contributed by atoms with van der Waals surface area (Å²) < 4.78 is 12.6. The van der Waals surface area contributed by atoms with Crippen molar-refractivity contribution in [1.29, 1.82) is 0 Å². The van der Waals surface area contributed by atoms with Gasteiger partial charge in [-0.3, -0.25) is 10.2 Å². The van der Waals surface area contributed by atoms with E-state index >= 15 is 0 Å². The highest BCUT2D eigenvalue weighted by Crippen LogP contribution is 2.49. The van der Waals surface area contributed by atoms with Gasteiger partial charge in [0.2, 0.25) is 34.4 Å². The quantitative estimate of drug-likeness (QED) is 0.275. The monoisotopic (exact) mass is 524 g/mol. The average Bonchev–Trinajstić information content (AvgIpc) is 2.92. The van der Waals surface area contributed by atoms with Crippen LogP contribution < -0.4 is 31.0 Å². The molecule has 37 heavy (non-hydrogen) atoms. The normalized spacial score (nSPS) is 17.3. The number of benzene rings is 3. The van der Waals surface area contributed by atoms with Crippen LogP contribution in [0.25, 0.3) is 16.7 Å². The van der Waals surface area contributed by atoms with Gasteiger partial charge in [0.25, 0.3) is 0 Å². The molecular weight excluding hydrogens is 502 g/mol. The van der Waals surface area contributed by atoms with E-state index in [9.17, 15) is 0 Å². The van der Waals surface area contributed by atoms with E-state index < -0.39 is 16.6 Å². The summed E-state index contributed by atoms with van der Waals surface area (Å²) in [6.45, 7) is 7.83. The number of nitrogens with zero attached hydrogens (tertiary/aromatic N) is 3. The summed E-state index contributed by atoms with van der Waals surface area (Å²) in [7, 11) is -2.65. The fraction of sp³-hybridized carbons (Fsp3) is 0. The van der Waals surface area contributed by atoms with Gasteiger partial charge in [-0.05, 0) is 35.4 Å². The Hall–Kier alpha value is -4.25. The Balaban J connectivity index is 1.30. The molecule has 4 aromatic rings. The van der Waals surface area contributed by atoms with Crippen LogP contribution in [0.5, 0.6) is 5.75 Å². The summed E-state index contributed by atoms with van der Waals surface area (Å²) in [6.07, 6.45) is 3.45. The first-order valence-corrected chi connectivity index (χ1v) is 13.9. The van der Waals surface area contributed by atoms with Crippen LogP contribution in [0.4, 0.5) is 17.8 Å². The molecule has 4 N–H and O–H groups in total. The van der Waals surface area contributed by atoms with Gasteiger partial charge in [-0.25, -0.2) is 0 Å². The maximum absolute atomic E-state index is 6.34. The molecule has 6 rings (SSSR count). The Morgan fingerprint density at radius 3 is 1.92 bits per heavy atom. The Bertz CT molecular complexity index is 1570. The highest BCUT2D eigenvalue weighted by molar-refractivity contribution is 7.63. The molecule has 0 fully saturated rings. The van der Waals surface area contributed by atoms with Crippen LogP contribution in [0.2, 0.25) is 0 Å². The Kier molecular flexibility index (Phi) is 6.05. The molecular formula is C27H22N6O2P2. The first-order valence-electron chi connectivity index (χ1n) is 11.4. The molecule has 3 heterocycles. The Morgan fingerprint density at radius 1 is 0.676 bits per heavy atom. The van der Waals surface area contributed by atoms with Gasteiger partial charge in [-0.2, -0.15) is 15.0 Å². The van der Waals surface area contributed by atoms with Crippen LogP contribution in [0.3, 0.4) is 0 Å². The molecule has 0 spiro atoms. The van der Waals surface area contributed by atoms with Crippen molar-refractivity contribution in [2.75, 3.05) is 15.9 Å². The third kappa shape index (κ3) is 4.31. The van der Waals surface area contributed by atoms with Crippen LogP contribution in [0.1, 0.15) is 5.56 Å². The van der Waals surface area contributed by atoms with Crippen molar-refractivity contribution in [2.24, 2.45) is 0 Å². The second kappa shape index (κ2) is 9.66. The topological polar surface area (TPSA) is 107 Å². The molecule has 2 aliphatic heterocycles. The number of nitrogens with two attached hydrogens (primary N) is 1. The molecule has 2 atom stereocenters. The number of anilines is 3. The second-order valence-corrected chi connectivity index (χ2v) is 11.0. The van der Waals surface area contributed by atoms with E-state index in [1.807, 2.05) is 60.7 Å². The number of rotatable bonds is 6. The molecule has 2 aliphatic rings. The fourth-order valence-electron chi connectivity index (χ4n) is 4.20. The standard InChI is InChI=1S/C27H22N6O2P2/c1-3-17-19-12-6-9-15-23(19)36(34-21(17)4-2)32-26-29-25(28)30-27(31-26)33-37-24-16-10-7-13-20(24)18-11-5-8-14-22(18)35-37/h3-16H,1-2H2,(H4,28,29,30,31,32,33). The smallest absolute Gasteiger partial charge is 0.235 e. The summed E-state index contributed by atoms with van der Waals surface area (Å²) in [5, 5.41) is 8.67. The molecule has 0 saturated carbocycles. The highest BCUT2D eigenvalue weighted by Gasteiger charge is 2.29. The zero-order chi connectivity index (χ0) is 25.4. The average molecular weight is 524 g/mol. The Labute approximate surface area is 216 Å². The van der Waals surface area contributed by atoms with Gasteiger partial charge in [0.05, 0.1) is 0 Å². The van der Waals surface area contributed by atoms with Crippen LogP contribution in [0, 0.1) is 0 Å². The van der Waals surface area contributed by atoms with E-state index in [2.05, 4.69) is 50.4 Å². The van der Waals surface area contributed by atoms with Crippen molar-refractivity contribution in [3.05, 3.63) is 109 Å². The zero-order valence-electron chi connectivity index (χ0n) is 19.6. The van der Waals surface area contributed by atoms with E-state index in [-0.39, 0.29) is 5.95 Å². The molecule has 0 amide bonds. The van der Waals surface area contributed by atoms with Crippen molar-refractivity contribution in [2.45, 2.75) is 0 Å². The van der Waals surface area contributed by atoms with Gasteiger partial charge in [0.15, 0.2) is 0 Å². The summed E-state index contributed by atoms with van der Waals surface area (Å²) >= 11 is 0. The lowest BCUT2D eigenvalue weighted by Gasteiger charge is -2.29. The lowest BCUT2D eigenvalue weighted by molar-refractivity contribution is 0.503. The summed E-state index contributed by atoms with van der Waals surface area (Å²) in [5.41, 5.74) is 10.2. The first-order chi connectivity index (χ1) is 18.1. The van der Waals surface area contributed by atoms with Crippen LogP contribution in [-0.4, -0.2) is 15.0 Å². The van der Waals surface area contributed by atoms with Crippen molar-refractivity contribution in [1.82, 2.24) is 15.0 Å². The number of aromatic nitrogens is 3. The highest BCUT2D eigenvalue weighted by atomic mass is 31.2. The van der Waals surface area contributed by atoms with Crippen molar-refractivity contribution >= 4 is 50.6 Å². The van der Waals surface area contributed by atoms with Gasteiger partial charge in [-0.15, -0.1) is 0 Å². The largest absolute Gasteiger partial charge is 0.448 e. The minimum Gasteiger partial charge on any atom is -0.448 e.